The minimum absolute atomic E-state index is 0.0611. The summed E-state index contributed by atoms with van der Waals surface area (Å²) in [6, 6.07) is 16.1. The molecule has 0 saturated carbocycles. The molecule has 8 heteroatoms. The van der Waals surface area contributed by atoms with Crippen molar-refractivity contribution in [2.45, 2.75) is 31.5 Å². The number of hydrogen-bond acceptors (Lipinski definition) is 5. The van der Waals surface area contributed by atoms with Crippen molar-refractivity contribution in [2.24, 2.45) is 5.92 Å². The van der Waals surface area contributed by atoms with E-state index in [1.165, 1.54) is 10.7 Å². The summed E-state index contributed by atoms with van der Waals surface area (Å²) in [5, 5.41) is 11.4. The fourth-order valence-corrected chi connectivity index (χ4v) is 3.67. The second-order valence-corrected chi connectivity index (χ2v) is 8.05. The van der Waals surface area contributed by atoms with Gasteiger partial charge in [-0.25, -0.2) is 9.07 Å². The number of halogens is 1. The Morgan fingerprint density at radius 2 is 1.83 bits per heavy atom. The molecule has 3 rings (SSSR count). The Labute approximate surface area is 173 Å². The molecule has 3 aromatic rings. The van der Waals surface area contributed by atoms with Crippen molar-refractivity contribution in [3.05, 3.63) is 66.0 Å². The molecule has 3 N–H and O–H groups in total. The van der Waals surface area contributed by atoms with E-state index in [4.69, 9.17) is 5.84 Å². The summed E-state index contributed by atoms with van der Waals surface area (Å²) in [5.41, 5.74) is 1.34. The number of rotatable bonds is 8. The van der Waals surface area contributed by atoms with E-state index >= 15 is 0 Å². The molecule has 152 valence electrons. The first-order valence-electron chi connectivity index (χ1n) is 9.38. The highest BCUT2D eigenvalue weighted by molar-refractivity contribution is 7.99. The number of carbonyl (C=O) groups excluding carboxylic acids is 1. The lowest BCUT2D eigenvalue weighted by atomic mass is 9.97. The summed E-state index contributed by atoms with van der Waals surface area (Å²) < 4.78 is 15.2. The van der Waals surface area contributed by atoms with E-state index in [1.54, 1.807) is 18.2 Å². The molecular weight excluding hydrogens is 389 g/mol. The van der Waals surface area contributed by atoms with Gasteiger partial charge in [0.05, 0.1) is 17.4 Å². The van der Waals surface area contributed by atoms with Crippen LogP contribution in [-0.2, 0) is 4.79 Å². The number of nitrogens with one attached hydrogen (secondary N) is 1. The second kappa shape index (κ2) is 9.56. The van der Waals surface area contributed by atoms with Crippen molar-refractivity contribution in [1.82, 2.24) is 20.2 Å². The number of thioether (sulfide) groups is 1. The van der Waals surface area contributed by atoms with Crippen molar-refractivity contribution in [3.8, 4) is 11.4 Å². The lowest BCUT2D eigenvalue weighted by Gasteiger charge is -2.21. The highest BCUT2D eigenvalue weighted by Gasteiger charge is 2.19. The van der Waals surface area contributed by atoms with Crippen molar-refractivity contribution in [1.29, 1.82) is 0 Å². The van der Waals surface area contributed by atoms with Crippen LogP contribution < -0.4 is 11.2 Å². The fourth-order valence-electron chi connectivity index (χ4n) is 3.00. The molecule has 0 aliphatic carbocycles. The summed E-state index contributed by atoms with van der Waals surface area (Å²) in [4.78, 5) is 12.5. The van der Waals surface area contributed by atoms with Crippen LogP contribution in [0.4, 0.5) is 4.39 Å². The third-order valence-electron chi connectivity index (χ3n) is 4.36. The van der Waals surface area contributed by atoms with Crippen LogP contribution in [0, 0.1) is 11.7 Å². The molecule has 1 heterocycles. The number of hydrogen-bond donors (Lipinski definition) is 2. The lowest BCUT2D eigenvalue weighted by molar-refractivity contribution is -0.119. The predicted molar refractivity (Wildman–Crippen MR) is 113 cm³/mol. The van der Waals surface area contributed by atoms with Gasteiger partial charge in [0.2, 0.25) is 11.1 Å². The average molecular weight is 414 g/mol. The molecule has 1 amide bonds. The van der Waals surface area contributed by atoms with E-state index in [1.807, 2.05) is 30.3 Å². The predicted octanol–water partition coefficient (Wildman–Crippen LogP) is 3.79. The van der Waals surface area contributed by atoms with Crippen LogP contribution in [0.2, 0.25) is 0 Å². The van der Waals surface area contributed by atoms with Gasteiger partial charge in [-0.3, -0.25) is 4.79 Å². The molecule has 2 aromatic carbocycles. The normalized spacial score (nSPS) is 12.1. The first kappa shape index (κ1) is 20.9. The minimum atomic E-state index is -0.430. The van der Waals surface area contributed by atoms with Gasteiger partial charge >= 0.3 is 0 Å². The summed E-state index contributed by atoms with van der Waals surface area (Å²) in [6.45, 7) is 4.25. The second-order valence-electron chi connectivity index (χ2n) is 7.11. The Balaban J connectivity index is 1.65. The number of carbonyl (C=O) groups is 1. The molecule has 0 spiro atoms. The molecule has 0 fully saturated rings. The Morgan fingerprint density at radius 1 is 1.14 bits per heavy atom. The summed E-state index contributed by atoms with van der Waals surface area (Å²) >= 11 is 1.16. The molecule has 1 atom stereocenters. The SMILES string of the molecule is CC(C)C[C@H](NC(=O)CSc1nnc(-c2ccccc2F)n1N)c1ccccc1. The van der Waals surface area contributed by atoms with Crippen molar-refractivity contribution < 1.29 is 9.18 Å². The van der Waals surface area contributed by atoms with Gasteiger partial charge < -0.3 is 11.2 Å². The molecule has 0 aliphatic heterocycles. The standard InChI is InChI=1S/C21H24FN5OS/c1-14(2)12-18(15-8-4-3-5-9-15)24-19(28)13-29-21-26-25-20(27(21)23)16-10-6-7-11-17(16)22/h3-11,14,18H,12-13,23H2,1-2H3,(H,24,28)/t18-/m0/s1. The van der Waals surface area contributed by atoms with E-state index in [0.29, 0.717) is 11.1 Å². The fraction of sp³-hybridized carbons (Fsp3) is 0.286. The maximum absolute atomic E-state index is 14.0. The Hall–Kier alpha value is -2.87. The van der Waals surface area contributed by atoms with E-state index in [9.17, 15) is 9.18 Å². The molecular formula is C21H24FN5OS. The zero-order valence-corrected chi connectivity index (χ0v) is 17.2. The number of benzene rings is 2. The first-order valence-corrected chi connectivity index (χ1v) is 10.4. The average Bonchev–Trinajstić information content (AvgIpc) is 3.07. The number of aromatic nitrogens is 3. The molecule has 0 unspecified atom stereocenters. The summed E-state index contributed by atoms with van der Waals surface area (Å²) in [6.07, 6.45) is 0.838. The van der Waals surface area contributed by atoms with Crippen LogP contribution in [0.15, 0.2) is 59.8 Å². The monoisotopic (exact) mass is 413 g/mol. The van der Waals surface area contributed by atoms with Gasteiger partial charge in [-0.05, 0) is 30.0 Å². The van der Waals surface area contributed by atoms with Crippen LogP contribution in [-0.4, -0.2) is 26.5 Å². The van der Waals surface area contributed by atoms with Crippen LogP contribution >= 0.6 is 11.8 Å². The van der Waals surface area contributed by atoms with Crippen molar-refractivity contribution in [2.75, 3.05) is 11.6 Å². The molecule has 0 bridgehead atoms. The Morgan fingerprint density at radius 3 is 2.52 bits per heavy atom. The Bertz CT molecular complexity index is 961. The quantitative estimate of drug-likeness (QED) is 0.433. The van der Waals surface area contributed by atoms with Gasteiger partial charge in [0.25, 0.3) is 0 Å². The number of amides is 1. The van der Waals surface area contributed by atoms with Crippen LogP contribution in [0.5, 0.6) is 0 Å². The number of nitrogens with zero attached hydrogens (tertiary/aromatic N) is 3. The van der Waals surface area contributed by atoms with Crippen molar-refractivity contribution >= 4 is 17.7 Å². The van der Waals surface area contributed by atoms with Crippen LogP contribution in [0.25, 0.3) is 11.4 Å². The number of nitrogens with two attached hydrogens (primary N) is 1. The van der Waals surface area contributed by atoms with Crippen LogP contribution in [0.1, 0.15) is 31.9 Å². The molecule has 1 aromatic heterocycles. The summed E-state index contributed by atoms with van der Waals surface area (Å²) in [5.74, 6) is 6.25. The minimum Gasteiger partial charge on any atom is -0.349 e. The van der Waals surface area contributed by atoms with E-state index in [0.717, 1.165) is 23.7 Å². The van der Waals surface area contributed by atoms with Crippen molar-refractivity contribution in [3.63, 3.8) is 0 Å². The van der Waals surface area contributed by atoms with Crippen LogP contribution in [0.3, 0.4) is 0 Å². The molecule has 0 aliphatic rings. The molecule has 0 saturated heterocycles. The third kappa shape index (κ3) is 5.35. The highest BCUT2D eigenvalue weighted by atomic mass is 32.2. The van der Waals surface area contributed by atoms with E-state index in [2.05, 4.69) is 29.4 Å². The van der Waals surface area contributed by atoms with Gasteiger partial charge in [-0.15, -0.1) is 10.2 Å². The van der Waals surface area contributed by atoms with Gasteiger partial charge in [0.15, 0.2) is 5.82 Å². The molecule has 29 heavy (non-hydrogen) atoms. The highest BCUT2D eigenvalue weighted by Crippen LogP contribution is 2.25. The Kier molecular flexibility index (Phi) is 6.87. The summed E-state index contributed by atoms with van der Waals surface area (Å²) in [7, 11) is 0. The van der Waals surface area contributed by atoms with Gasteiger partial charge in [-0.1, -0.05) is 68.1 Å². The molecule has 6 nitrogen and oxygen atoms in total. The van der Waals surface area contributed by atoms with E-state index in [-0.39, 0.29) is 29.1 Å². The van der Waals surface area contributed by atoms with Gasteiger partial charge in [0, 0.05) is 0 Å². The third-order valence-corrected chi connectivity index (χ3v) is 5.30. The lowest BCUT2D eigenvalue weighted by Crippen LogP contribution is -2.31. The van der Waals surface area contributed by atoms with E-state index < -0.39 is 5.82 Å². The largest absolute Gasteiger partial charge is 0.349 e. The zero-order valence-electron chi connectivity index (χ0n) is 16.4. The van der Waals surface area contributed by atoms with Gasteiger partial charge in [0.1, 0.15) is 5.82 Å². The maximum Gasteiger partial charge on any atom is 0.230 e. The van der Waals surface area contributed by atoms with Gasteiger partial charge in [-0.2, -0.15) is 0 Å². The number of nitrogen functional groups attached to an aromatic ring is 1. The zero-order chi connectivity index (χ0) is 20.8. The maximum atomic E-state index is 14.0. The molecule has 0 radical (unpaired) electrons. The first-order chi connectivity index (χ1) is 14.0. The smallest absolute Gasteiger partial charge is 0.230 e. The topological polar surface area (TPSA) is 85.8 Å².